The second-order valence-electron chi connectivity index (χ2n) is 4.61. The van der Waals surface area contributed by atoms with Gasteiger partial charge in [-0.1, -0.05) is 5.16 Å². The fourth-order valence-electron chi connectivity index (χ4n) is 2.51. The topological polar surface area (TPSA) is 58.4 Å². The lowest BCUT2D eigenvalue weighted by Crippen LogP contribution is -2.62. The van der Waals surface area contributed by atoms with Gasteiger partial charge in [0, 0.05) is 31.6 Å². The van der Waals surface area contributed by atoms with Gasteiger partial charge in [0.25, 0.3) is 5.91 Å². The van der Waals surface area contributed by atoms with Crippen LogP contribution in [0.1, 0.15) is 22.5 Å². The van der Waals surface area contributed by atoms with Crippen LogP contribution in [0.25, 0.3) is 0 Å². The highest BCUT2D eigenvalue weighted by Crippen LogP contribution is 2.24. The van der Waals surface area contributed by atoms with Gasteiger partial charge in [-0.2, -0.15) is 0 Å². The first-order chi connectivity index (χ1) is 7.75. The van der Waals surface area contributed by atoms with E-state index in [0.717, 1.165) is 26.1 Å². The standard InChI is InChI=1S/C11H15N3O2/c1-7-9(5-13-16-7)11(15)14-3-2-10-8(6-14)4-12-10/h5,8,10,12H,2-4,6H2,1H3. The smallest absolute Gasteiger partial charge is 0.259 e. The fraction of sp³-hybridized carbons (Fsp3) is 0.636. The zero-order chi connectivity index (χ0) is 11.1. The summed E-state index contributed by atoms with van der Waals surface area (Å²) < 4.78 is 4.93. The highest BCUT2D eigenvalue weighted by atomic mass is 16.5. The summed E-state index contributed by atoms with van der Waals surface area (Å²) >= 11 is 0. The first-order valence-corrected chi connectivity index (χ1v) is 5.69. The summed E-state index contributed by atoms with van der Waals surface area (Å²) in [5.74, 6) is 1.31. The molecule has 3 rings (SSSR count). The van der Waals surface area contributed by atoms with Crippen molar-refractivity contribution < 1.29 is 9.32 Å². The van der Waals surface area contributed by atoms with E-state index in [-0.39, 0.29) is 5.91 Å². The maximum Gasteiger partial charge on any atom is 0.259 e. The molecule has 0 spiro atoms. The van der Waals surface area contributed by atoms with Crippen LogP contribution in [-0.4, -0.2) is 41.6 Å². The van der Waals surface area contributed by atoms with Crippen molar-refractivity contribution in [2.45, 2.75) is 19.4 Å². The van der Waals surface area contributed by atoms with Gasteiger partial charge in [0.05, 0.1) is 6.20 Å². The molecule has 2 aliphatic heterocycles. The second kappa shape index (κ2) is 3.59. The summed E-state index contributed by atoms with van der Waals surface area (Å²) in [6.07, 6.45) is 2.57. The Bertz CT molecular complexity index is 415. The lowest BCUT2D eigenvalue weighted by molar-refractivity contribution is 0.0508. The van der Waals surface area contributed by atoms with Gasteiger partial charge in [0.1, 0.15) is 11.3 Å². The molecule has 5 heteroatoms. The summed E-state index contributed by atoms with van der Waals surface area (Å²) in [4.78, 5) is 14.1. The molecule has 1 aromatic heterocycles. The van der Waals surface area contributed by atoms with E-state index in [9.17, 15) is 4.79 Å². The van der Waals surface area contributed by atoms with Crippen molar-refractivity contribution in [1.82, 2.24) is 15.4 Å². The highest BCUT2D eigenvalue weighted by Gasteiger charge is 2.37. The minimum absolute atomic E-state index is 0.0594. The minimum Gasteiger partial charge on any atom is -0.361 e. The number of aromatic nitrogens is 1. The zero-order valence-electron chi connectivity index (χ0n) is 9.27. The highest BCUT2D eigenvalue weighted by molar-refractivity contribution is 5.94. The molecule has 3 heterocycles. The number of hydrogen-bond donors (Lipinski definition) is 1. The molecular formula is C11H15N3O2. The van der Waals surface area contributed by atoms with E-state index in [1.54, 1.807) is 6.92 Å². The van der Waals surface area contributed by atoms with Crippen LogP contribution in [0.3, 0.4) is 0 Å². The van der Waals surface area contributed by atoms with E-state index in [4.69, 9.17) is 4.52 Å². The Labute approximate surface area is 93.8 Å². The van der Waals surface area contributed by atoms with Gasteiger partial charge in [-0.15, -0.1) is 0 Å². The molecule has 0 saturated carbocycles. The number of carbonyl (C=O) groups excluding carboxylic acids is 1. The van der Waals surface area contributed by atoms with Crippen LogP contribution in [0.5, 0.6) is 0 Å². The molecule has 2 saturated heterocycles. The summed E-state index contributed by atoms with van der Waals surface area (Å²) in [6.45, 7) is 4.51. The SMILES string of the molecule is Cc1oncc1C(=O)N1CCC2NCC2C1. The molecule has 86 valence electrons. The van der Waals surface area contributed by atoms with Crippen LogP contribution in [0.15, 0.2) is 10.7 Å². The van der Waals surface area contributed by atoms with E-state index < -0.39 is 0 Å². The van der Waals surface area contributed by atoms with Gasteiger partial charge in [-0.05, 0) is 13.3 Å². The molecule has 2 aliphatic rings. The average Bonchev–Trinajstić information content (AvgIpc) is 2.65. The number of piperidine rings is 1. The summed E-state index contributed by atoms with van der Waals surface area (Å²) in [5, 5.41) is 7.03. The van der Waals surface area contributed by atoms with Crippen molar-refractivity contribution in [2.24, 2.45) is 5.92 Å². The van der Waals surface area contributed by atoms with Crippen LogP contribution >= 0.6 is 0 Å². The number of carbonyl (C=O) groups is 1. The Balaban J connectivity index is 1.73. The van der Waals surface area contributed by atoms with Gasteiger partial charge in [-0.25, -0.2) is 0 Å². The molecule has 2 atom stereocenters. The molecule has 5 nitrogen and oxygen atoms in total. The van der Waals surface area contributed by atoms with Crippen molar-refractivity contribution >= 4 is 5.91 Å². The predicted molar refractivity (Wildman–Crippen MR) is 57.0 cm³/mol. The van der Waals surface area contributed by atoms with Crippen molar-refractivity contribution in [3.05, 3.63) is 17.5 Å². The number of nitrogens with zero attached hydrogens (tertiary/aromatic N) is 2. The number of likely N-dealkylation sites (tertiary alicyclic amines) is 1. The molecule has 16 heavy (non-hydrogen) atoms. The monoisotopic (exact) mass is 221 g/mol. The molecule has 2 fully saturated rings. The molecule has 0 radical (unpaired) electrons. The lowest BCUT2D eigenvalue weighted by Gasteiger charge is -2.46. The predicted octanol–water partition coefficient (Wildman–Crippen LogP) is 0.417. The van der Waals surface area contributed by atoms with E-state index in [1.807, 2.05) is 4.90 Å². The fourth-order valence-corrected chi connectivity index (χ4v) is 2.51. The number of rotatable bonds is 1. The summed E-state index contributed by atoms with van der Waals surface area (Å²) in [5.41, 5.74) is 0.603. The van der Waals surface area contributed by atoms with Crippen LogP contribution in [-0.2, 0) is 0 Å². The number of amides is 1. The summed E-state index contributed by atoms with van der Waals surface area (Å²) in [6, 6.07) is 0.632. The summed E-state index contributed by atoms with van der Waals surface area (Å²) in [7, 11) is 0. The Morgan fingerprint density at radius 1 is 1.69 bits per heavy atom. The lowest BCUT2D eigenvalue weighted by atomic mass is 9.85. The second-order valence-corrected chi connectivity index (χ2v) is 4.61. The average molecular weight is 221 g/mol. The molecule has 0 aliphatic carbocycles. The number of aryl methyl sites for hydroxylation is 1. The van der Waals surface area contributed by atoms with Crippen LogP contribution in [0.2, 0.25) is 0 Å². The van der Waals surface area contributed by atoms with Crippen molar-refractivity contribution in [3.8, 4) is 0 Å². The third-order valence-corrected chi connectivity index (χ3v) is 3.64. The maximum absolute atomic E-state index is 12.2. The number of nitrogens with one attached hydrogen (secondary N) is 1. The third kappa shape index (κ3) is 1.43. The van der Waals surface area contributed by atoms with Crippen LogP contribution in [0.4, 0.5) is 0 Å². The van der Waals surface area contributed by atoms with E-state index in [1.165, 1.54) is 6.20 Å². The van der Waals surface area contributed by atoms with Crippen molar-refractivity contribution in [2.75, 3.05) is 19.6 Å². The molecule has 1 amide bonds. The number of hydrogen-bond acceptors (Lipinski definition) is 4. The van der Waals surface area contributed by atoms with E-state index >= 15 is 0 Å². The van der Waals surface area contributed by atoms with Gasteiger partial charge in [0.2, 0.25) is 0 Å². The first kappa shape index (κ1) is 9.84. The van der Waals surface area contributed by atoms with Crippen LogP contribution in [0, 0.1) is 12.8 Å². The number of fused-ring (bicyclic) bond motifs is 1. The Morgan fingerprint density at radius 3 is 3.12 bits per heavy atom. The molecular weight excluding hydrogens is 206 g/mol. The van der Waals surface area contributed by atoms with Gasteiger partial charge in [0.15, 0.2) is 0 Å². The Hall–Kier alpha value is -1.36. The zero-order valence-corrected chi connectivity index (χ0v) is 9.27. The van der Waals surface area contributed by atoms with Gasteiger partial charge >= 0.3 is 0 Å². The maximum atomic E-state index is 12.2. The molecule has 1 N–H and O–H groups in total. The van der Waals surface area contributed by atoms with Crippen molar-refractivity contribution in [3.63, 3.8) is 0 Å². The van der Waals surface area contributed by atoms with E-state index in [2.05, 4.69) is 10.5 Å². The largest absolute Gasteiger partial charge is 0.361 e. The Morgan fingerprint density at radius 2 is 2.56 bits per heavy atom. The normalized spacial score (nSPS) is 28.4. The Kier molecular flexibility index (Phi) is 2.21. The quantitative estimate of drug-likeness (QED) is 0.746. The van der Waals surface area contributed by atoms with Crippen molar-refractivity contribution in [1.29, 1.82) is 0 Å². The third-order valence-electron chi connectivity index (χ3n) is 3.64. The molecule has 0 aromatic carbocycles. The minimum atomic E-state index is 0.0594. The van der Waals surface area contributed by atoms with E-state index in [0.29, 0.717) is 23.3 Å². The van der Waals surface area contributed by atoms with Gasteiger partial charge < -0.3 is 14.7 Å². The molecule has 0 bridgehead atoms. The molecule has 1 aromatic rings. The first-order valence-electron chi connectivity index (χ1n) is 5.69. The van der Waals surface area contributed by atoms with Crippen LogP contribution < -0.4 is 5.32 Å². The molecule has 2 unspecified atom stereocenters. The van der Waals surface area contributed by atoms with Gasteiger partial charge in [-0.3, -0.25) is 4.79 Å².